The van der Waals surface area contributed by atoms with Gasteiger partial charge in [0, 0.05) is 24.7 Å². The molecule has 0 saturated carbocycles. The maximum atomic E-state index is 10.5. The summed E-state index contributed by atoms with van der Waals surface area (Å²) in [5.74, 6) is 0. The smallest absolute Gasteiger partial charge is 0.269 e. The van der Waals surface area contributed by atoms with Gasteiger partial charge < -0.3 is 10.6 Å². The lowest BCUT2D eigenvalue weighted by Crippen LogP contribution is -2.40. The van der Waals surface area contributed by atoms with Crippen LogP contribution in [0.5, 0.6) is 0 Å². The molecule has 1 aliphatic heterocycles. The Balaban J connectivity index is 0.00000180. The van der Waals surface area contributed by atoms with Crippen molar-refractivity contribution in [3.63, 3.8) is 0 Å². The van der Waals surface area contributed by atoms with Gasteiger partial charge in [-0.05, 0) is 37.9 Å². The highest BCUT2D eigenvalue weighted by molar-refractivity contribution is 5.85. The topological polar surface area (TPSA) is 72.4 Å². The fourth-order valence-electron chi connectivity index (χ4n) is 2.25. The van der Waals surface area contributed by atoms with Crippen LogP contribution in [0.2, 0.25) is 0 Å². The average molecular weight is 286 g/mol. The van der Waals surface area contributed by atoms with Crippen molar-refractivity contribution in [1.29, 1.82) is 0 Å². The van der Waals surface area contributed by atoms with Crippen LogP contribution in [-0.2, 0) is 6.42 Å². The third-order valence-electron chi connectivity index (χ3n) is 3.50. The molecular weight excluding hydrogens is 266 g/mol. The molecule has 0 aromatic heterocycles. The van der Waals surface area contributed by atoms with Gasteiger partial charge in [-0.1, -0.05) is 12.1 Å². The van der Waals surface area contributed by atoms with E-state index in [1.807, 2.05) is 12.1 Å². The maximum Gasteiger partial charge on any atom is 0.269 e. The quantitative estimate of drug-likeness (QED) is 0.678. The van der Waals surface area contributed by atoms with Crippen LogP contribution in [0.1, 0.15) is 18.4 Å². The summed E-state index contributed by atoms with van der Waals surface area (Å²) >= 11 is 0. The van der Waals surface area contributed by atoms with Crippen molar-refractivity contribution < 1.29 is 4.92 Å². The zero-order valence-electron chi connectivity index (χ0n) is 10.8. The second-order valence-corrected chi connectivity index (χ2v) is 4.85. The summed E-state index contributed by atoms with van der Waals surface area (Å²) in [5.41, 5.74) is 7.16. The number of hydrogen-bond donors (Lipinski definition) is 1. The number of hydrogen-bond acceptors (Lipinski definition) is 4. The summed E-state index contributed by atoms with van der Waals surface area (Å²) < 4.78 is 0. The predicted octanol–water partition coefficient (Wildman–Crippen LogP) is 1.98. The molecule has 1 saturated heterocycles. The minimum atomic E-state index is -0.365. The van der Waals surface area contributed by atoms with Crippen molar-refractivity contribution in [2.45, 2.75) is 25.3 Å². The molecule has 5 nitrogen and oxygen atoms in total. The van der Waals surface area contributed by atoms with Crippen LogP contribution in [0.3, 0.4) is 0 Å². The molecule has 0 aliphatic carbocycles. The summed E-state index contributed by atoms with van der Waals surface area (Å²) in [6.07, 6.45) is 3.08. The molecule has 106 valence electrons. The van der Waals surface area contributed by atoms with E-state index in [1.165, 1.54) is 0 Å². The zero-order chi connectivity index (χ0) is 13.0. The third kappa shape index (κ3) is 4.78. The fourth-order valence-corrected chi connectivity index (χ4v) is 2.25. The second-order valence-electron chi connectivity index (χ2n) is 4.85. The number of nitro benzene ring substituents is 1. The van der Waals surface area contributed by atoms with Gasteiger partial charge in [-0.2, -0.15) is 0 Å². The Morgan fingerprint density at radius 1 is 1.26 bits per heavy atom. The number of halogens is 1. The Morgan fingerprint density at radius 2 is 1.84 bits per heavy atom. The standard InChI is InChI=1S/C13H19N3O2.ClH/c14-12-6-9-15(10-7-12)8-5-11-1-3-13(4-2-11)16(17)18;/h1-4,12H,5-10,14H2;1H. The van der Waals surface area contributed by atoms with Gasteiger partial charge in [0.1, 0.15) is 0 Å². The first-order valence-electron chi connectivity index (χ1n) is 6.36. The Morgan fingerprint density at radius 3 is 2.37 bits per heavy atom. The van der Waals surface area contributed by atoms with E-state index in [1.54, 1.807) is 12.1 Å². The predicted molar refractivity (Wildman–Crippen MR) is 77.7 cm³/mol. The molecule has 1 heterocycles. The van der Waals surface area contributed by atoms with Crippen molar-refractivity contribution >= 4 is 18.1 Å². The number of non-ortho nitro benzene ring substituents is 1. The van der Waals surface area contributed by atoms with Crippen molar-refractivity contribution in [2.75, 3.05) is 19.6 Å². The van der Waals surface area contributed by atoms with Crippen molar-refractivity contribution in [1.82, 2.24) is 4.90 Å². The van der Waals surface area contributed by atoms with Crippen LogP contribution in [0.15, 0.2) is 24.3 Å². The average Bonchev–Trinajstić information content (AvgIpc) is 2.38. The van der Waals surface area contributed by atoms with Crippen LogP contribution in [0.25, 0.3) is 0 Å². The lowest BCUT2D eigenvalue weighted by molar-refractivity contribution is -0.384. The number of nitro groups is 1. The van der Waals surface area contributed by atoms with Gasteiger partial charge in [-0.3, -0.25) is 10.1 Å². The summed E-state index contributed by atoms with van der Waals surface area (Å²) in [6, 6.07) is 7.19. The normalized spacial score (nSPS) is 16.9. The molecule has 2 N–H and O–H groups in total. The van der Waals surface area contributed by atoms with E-state index in [4.69, 9.17) is 5.73 Å². The van der Waals surface area contributed by atoms with Crippen molar-refractivity contribution in [3.8, 4) is 0 Å². The molecule has 2 rings (SSSR count). The zero-order valence-corrected chi connectivity index (χ0v) is 11.6. The number of piperidine rings is 1. The third-order valence-corrected chi connectivity index (χ3v) is 3.50. The van der Waals surface area contributed by atoms with Gasteiger partial charge in [-0.15, -0.1) is 12.4 Å². The van der Waals surface area contributed by atoms with Gasteiger partial charge in [0.15, 0.2) is 0 Å². The van der Waals surface area contributed by atoms with Crippen molar-refractivity contribution in [3.05, 3.63) is 39.9 Å². The number of nitrogens with zero attached hydrogens (tertiary/aromatic N) is 2. The number of rotatable bonds is 4. The van der Waals surface area contributed by atoms with Gasteiger partial charge in [0.25, 0.3) is 5.69 Å². The van der Waals surface area contributed by atoms with Crippen LogP contribution in [0, 0.1) is 10.1 Å². The molecule has 1 aliphatic rings. The highest BCUT2D eigenvalue weighted by Gasteiger charge is 2.15. The first-order chi connectivity index (χ1) is 8.65. The number of likely N-dealkylation sites (tertiary alicyclic amines) is 1. The summed E-state index contributed by atoms with van der Waals surface area (Å²) in [4.78, 5) is 12.6. The monoisotopic (exact) mass is 285 g/mol. The largest absolute Gasteiger partial charge is 0.328 e. The van der Waals surface area contributed by atoms with E-state index >= 15 is 0 Å². The van der Waals surface area contributed by atoms with Crippen LogP contribution < -0.4 is 5.73 Å². The molecule has 6 heteroatoms. The summed E-state index contributed by atoms with van der Waals surface area (Å²) in [5, 5.41) is 10.5. The van der Waals surface area contributed by atoms with E-state index in [0.29, 0.717) is 6.04 Å². The lowest BCUT2D eigenvalue weighted by Gasteiger charge is -2.29. The molecule has 0 atom stereocenters. The van der Waals surface area contributed by atoms with E-state index in [2.05, 4.69) is 4.90 Å². The Kier molecular flexibility index (Phi) is 6.21. The Labute approximate surface area is 119 Å². The van der Waals surface area contributed by atoms with Crippen LogP contribution in [-0.4, -0.2) is 35.5 Å². The minimum absolute atomic E-state index is 0. The van der Waals surface area contributed by atoms with Gasteiger partial charge in [0.2, 0.25) is 0 Å². The molecule has 1 aromatic carbocycles. The Bertz CT molecular complexity index is 403. The molecule has 1 fully saturated rings. The molecule has 19 heavy (non-hydrogen) atoms. The van der Waals surface area contributed by atoms with Crippen LogP contribution >= 0.6 is 12.4 Å². The molecule has 0 spiro atoms. The number of benzene rings is 1. The SMILES string of the molecule is Cl.NC1CCN(CCc2ccc([N+](=O)[O-])cc2)CC1. The summed E-state index contributed by atoms with van der Waals surface area (Å²) in [6.45, 7) is 3.13. The van der Waals surface area contributed by atoms with Crippen LogP contribution in [0.4, 0.5) is 5.69 Å². The van der Waals surface area contributed by atoms with E-state index < -0.39 is 0 Å². The molecule has 1 aromatic rings. The first kappa shape index (κ1) is 15.9. The Hall–Kier alpha value is -1.17. The molecule has 0 bridgehead atoms. The van der Waals surface area contributed by atoms with E-state index in [0.717, 1.165) is 44.5 Å². The maximum absolute atomic E-state index is 10.5. The minimum Gasteiger partial charge on any atom is -0.328 e. The highest BCUT2D eigenvalue weighted by Crippen LogP contribution is 2.14. The van der Waals surface area contributed by atoms with Gasteiger partial charge in [-0.25, -0.2) is 0 Å². The second kappa shape index (κ2) is 7.43. The summed E-state index contributed by atoms with van der Waals surface area (Å²) in [7, 11) is 0. The van der Waals surface area contributed by atoms with E-state index in [9.17, 15) is 10.1 Å². The molecule has 0 unspecified atom stereocenters. The van der Waals surface area contributed by atoms with Gasteiger partial charge >= 0.3 is 0 Å². The first-order valence-corrected chi connectivity index (χ1v) is 6.36. The number of nitrogens with two attached hydrogens (primary N) is 1. The molecule has 0 amide bonds. The van der Waals surface area contributed by atoms with Gasteiger partial charge in [0.05, 0.1) is 4.92 Å². The fraction of sp³-hybridized carbons (Fsp3) is 0.538. The lowest BCUT2D eigenvalue weighted by atomic mass is 10.1. The van der Waals surface area contributed by atoms with E-state index in [-0.39, 0.29) is 23.0 Å². The molecule has 0 radical (unpaired) electrons. The highest BCUT2D eigenvalue weighted by atomic mass is 35.5. The molecular formula is C13H20ClN3O2. The van der Waals surface area contributed by atoms with Crippen molar-refractivity contribution in [2.24, 2.45) is 5.73 Å².